The number of carbonyl (C=O) groups excluding carboxylic acids is 2. The number of hydrogen-bond acceptors (Lipinski definition) is 6. The minimum atomic E-state index is -0.563. The number of Topliss-reactive ketones (excluding diaryl/α,β-unsaturated/α-hetero) is 1. The molecule has 0 radical (unpaired) electrons. The first-order valence-corrected chi connectivity index (χ1v) is 7.64. The Kier molecular flexibility index (Phi) is 6.22. The molecule has 7 nitrogen and oxygen atoms in total. The maximum atomic E-state index is 11.7. The third-order valence-corrected chi connectivity index (χ3v) is 3.40. The van der Waals surface area contributed by atoms with Crippen molar-refractivity contribution >= 4 is 17.4 Å². The third kappa shape index (κ3) is 5.42. The molecule has 0 amide bonds. The topological polar surface area (TPSA) is 95.7 Å². The lowest BCUT2D eigenvalue weighted by molar-refractivity contribution is -0.384. The molecule has 0 atom stereocenters. The first-order chi connectivity index (χ1) is 12.0. The molecule has 2 rings (SSSR count). The Bertz CT molecular complexity index is 752. The van der Waals surface area contributed by atoms with Crippen molar-refractivity contribution < 1.29 is 24.0 Å². The molecule has 0 aromatic heterocycles. The Balaban J connectivity index is 1.78. The molecule has 0 saturated carbocycles. The second kappa shape index (κ2) is 8.58. The van der Waals surface area contributed by atoms with Crippen LogP contribution in [0.15, 0.2) is 48.5 Å². The van der Waals surface area contributed by atoms with E-state index in [1.165, 1.54) is 24.3 Å². The third-order valence-electron chi connectivity index (χ3n) is 3.40. The Hall–Kier alpha value is -3.22. The highest BCUT2D eigenvalue weighted by atomic mass is 16.6. The SMILES string of the molecule is CCC(=O)c1ccc(OCC(=O)OCc2ccc([N+](=O)[O-])cc2)cc1. The van der Waals surface area contributed by atoms with E-state index in [1.807, 2.05) is 0 Å². The lowest BCUT2D eigenvalue weighted by atomic mass is 10.1. The predicted octanol–water partition coefficient (Wildman–Crippen LogP) is 3.31. The Morgan fingerprint density at radius 2 is 1.68 bits per heavy atom. The predicted molar refractivity (Wildman–Crippen MR) is 89.5 cm³/mol. The van der Waals surface area contributed by atoms with Crippen LogP contribution >= 0.6 is 0 Å². The molecule has 0 aliphatic rings. The molecule has 0 N–H and O–H groups in total. The maximum Gasteiger partial charge on any atom is 0.344 e. The van der Waals surface area contributed by atoms with Crippen LogP contribution in [-0.4, -0.2) is 23.3 Å². The number of rotatable bonds is 8. The molecule has 0 spiro atoms. The molecule has 0 saturated heterocycles. The monoisotopic (exact) mass is 343 g/mol. The summed E-state index contributed by atoms with van der Waals surface area (Å²) in [5.74, 6) is -0.0685. The average Bonchev–Trinajstić information content (AvgIpc) is 2.64. The summed E-state index contributed by atoms with van der Waals surface area (Å²) >= 11 is 0. The van der Waals surface area contributed by atoms with Gasteiger partial charge in [0.05, 0.1) is 4.92 Å². The second-order valence-corrected chi connectivity index (χ2v) is 5.17. The Morgan fingerprint density at radius 1 is 1.04 bits per heavy atom. The number of ketones is 1. The highest BCUT2D eigenvalue weighted by Gasteiger charge is 2.08. The molecule has 2 aromatic carbocycles. The summed E-state index contributed by atoms with van der Waals surface area (Å²) in [5, 5.41) is 10.6. The summed E-state index contributed by atoms with van der Waals surface area (Å²) in [5.41, 5.74) is 1.21. The number of nitro groups is 1. The lowest BCUT2D eigenvalue weighted by Crippen LogP contribution is -2.14. The Morgan fingerprint density at radius 3 is 2.24 bits per heavy atom. The van der Waals surface area contributed by atoms with Crippen LogP contribution in [0.5, 0.6) is 5.75 Å². The lowest BCUT2D eigenvalue weighted by Gasteiger charge is -2.07. The van der Waals surface area contributed by atoms with E-state index in [9.17, 15) is 19.7 Å². The number of benzene rings is 2. The van der Waals surface area contributed by atoms with Crippen LogP contribution in [0.25, 0.3) is 0 Å². The van der Waals surface area contributed by atoms with Crippen LogP contribution in [-0.2, 0) is 16.1 Å². The zero-order chi connectivity index (χ0) is 18.2. The van der Waals surface area contributed by atoms with E-state index < -0.39 is 10.9 Å². The van der Waals surface area contributed by atoms with Crippen molar-refractivity contribution in [3.05, 3.63) is 69.8 Å². The van der Waals surface area contributed by atoms with Gasteiger partial charge in [0, 0.05) is 24.1 Å². The van der Waals surface area contributed by atoms with E-state index in [2.05, 4.69) is 0 Å². The van der Waals surface area contributed by atoms with Gasteiger partial charge < -0.3 is 9.47 Å². The maximum absolute atomic E-state index is 11.7. The first kappa shape index (κ1) is 18.1. The van der Waals surface area contributed by atoms with Gasteiger partial charge in [0.2, 0.25) is 0 Å². The van der Waals surface area contributed by atoms with Crippen molar-refractivity contribution in [2.45, 2.75) is 20.0 Å². The molecule has 130 valence electrons. The van der Waals surface area contributed by atoms with Crippen molar-refractivity contribution in [3.63, 3.8) is 0 Å². The van der Waals surface area contributed by atoms with Gasteiger partial charge in [-0.15, -0.1) is 0 Å². The molecule has 0 aliphatic carbocycles. The molecule has 0 heterocycles. The highest BCUT2D eigenvalue weighted by molar-refractivity contribution is 5.95. The molecule has 25 heavy (non-hydrogen) atoms. The van der Waals surface area contributed by atoms with Gasteiger partial charge in [-0.2, -0.15) is 0 Å². The summed E-state index contributed by atoms with van der Waals surface area (Å²) in [6.07, 6.45) is 0.426. The van der Waals surface area contributed by atoms with E-state index in [0.29, 0.717) is 23.3 Å². The zero-order valence-corrected chi connectivity index (χ0v) is 13.6. The van der Waals surface area contributed by atoms with Crippen molar-refractivity contribution in [1.29, 1.82) is 0 Å². The van der Waals surface area contributed by atoms with Gasteiger partial charge in [0.15, 0.2) is 12.4 Å². The van der Waals surface area contributed by atoms with E-state index in [4.69, 9.17) is 9.47 Å². The molecule has 0 fully saturated rings. The van der Waals surface area contributed by atoms with Crippen molar-refractivity contribution in [2.75, 3.05) is 6.61 Å². The van der Waals surface area contributed by atoms with Crippen LogP contribution in [0.2, 0.25) is 0 Å². The fourth-order valence-electron chi connectivity index (χ4n) is 2.00. The van der Waals surface area contributed by atoms with Gasteiger partial charge in [-0.1, -0.05) is 6.92 Å². The Labute approximate surface area is 144 Å². The number of nitrogens with zero attached hydrogens (tertiary/aromatic N) is 1. The molecule has 0 bridgehead atoms. The van der Waals surface area contributed by atoms with Gasteiger partial charge in [-0.3, -0.25) is 14.9 Å². The van der Waals surface area contributed by atoms with Gasteiger partial charge in [0.25, 0.3) is 5.69 Å². The molecular weight excluding hydrogens is 326 g/mol. The van der Waals surface area contributed by atoms with Crippen LogP contribution in [0.3, 0.4) is 0 Å². The van der Waals surface area contributed by atoms with Gasteiger partial charge >= 0.3 is 5.97 Å². The number of carbonyl (C=O) groups is 2. The fourth-order valence-corrected chi connectivity index (χ4v) is 2.00. The number of non-ortho nitro benzene ring substituents is 1. The van der Waals surface area contributed by atoms with E-state index >= 15 is 0 Å². The summed E-state index contributed by atoms with van der Waals surface area (Å²) in [6.45, 7) is 1.52. The quantitative estimate of drug-likeness (QED) is 0.316. The number of nitro benzene ring substituents is 1. The summed E-state index contributed by atoms with van der Waals surface area (Å²) < 4.78 is 10.3. The fraction of sp³-hybridized carbons (Fsp3) is 0.222. The van der Waals surface area contributed by atoms with Crippen LogP contribution in [0.1, 0.15) is 29.3 Å². The number of esters is 1. The molecule has 0 unspecified atom stereocenters. The van der Waals surface area contributed by atoms with Crippen LogP contribution in [0, 0.1) is 10.1 Å². The van der Waals surface area contributed by atoms with Crippen molar-refractivity contribution in [3.8, 4) is 5.75 Å². The first-order valence-electron chi connectivity index (χ1n) is 7.64. The van der Waals surface area contributed by atoms with Gasteiger partial charge in [-0.25, -0.2) is 4.79 Å². The zero-order valence-electron chi connectivity index (χ0n) is 13.6. The second-order valence-electron chi connectivity index (χ2n) is 5.17. The van der Waals surface area contributed by atoms with Crippen molar-refractivity contribution in [2.24, 2.45) is 0 Å². The van der Waals surface area contributed by atoms with Crippen LogP contribution < -0.4 is 4.74 Å². The van der Waals surface area contributed by atoms with E-state index in [-0.39, 0.29) is 24.7 Å². The van der Waals surface area contributed by atoms with E-state index in [1.54, 1.807) is 31.2 Å². The summed E-state index contributed by atoms with van der Waals surface area (Å²) in [6, 6.07) is 12.3. The van der Waals surface area contributed by atoms with Crippen LogP contribution in [0.4, 0.5) is 5.69 Å². The molecule has 0 aliphatic heterocycles. The summed E-state index contributed by atoms with van der Waals surface area (Å²) in [7, 11) is 0. The van der Waals surface area contributed by atoms with Gasteiger partial charge in [-0.05, 0) is 42.0 Å². The smallest absolute Gasteiger partial charge is 0.344 e. The van der Waals surface area contributed by atoms with Gasteiger partial charge in [0.1, 0.15) is 12.4 Å². The molecule has 2 aromatic rings. The largest absolute Gasteiger partial charge is 0.482 e. The summed E-state index contributed by atoms with van der Waals surface area (Å²) in [4.78, 5) is 33.3. The minimum Gasteiger partial charge on any atom is -0.482 e. The standard InChI is InChI=1S/C18H17NO6/c1-2-17(20)14-5-9-16(10-6-14)24-12-18(21)25-11-13-3-7-15(8-4-13)19(22)23/h3-10H,2,11-12H2,1H3. The minimum absolute atomic E-state index is 0.00409. The van der Waals surface area contributed by atoms with E-state index in [0.717, 1.165) is 0 Å². The number of hydrogen-bond donors (Lipinski definition) is 0. The van der Waals surface area contributed by atoms with Crippen molar-refractivity contribution in [1.82, 2.24) is 0 Å². The highest BCUT2D eigenvalue weighted by Crippen LogP contribution is 2.14. The average molecular weight is 343 g/mol. The number of ether oxygens (including phenoxy) is 2. The normalized spacial score (nSPS) is 10.1. The molecule has 7 heteroatoms. The molecular formula is C18H17NO6.